The topological polar surface area (TPSA) is 164 Å². The van der Waals surface area contributed by atoms with Crippen LogP contribution >= 0.6 is 23.4 Å². The van der Waals surface area contributed by atoms with E-state index in [1.54, 1.807) is 32.3 Å². The number of nitrogens with one attached hydrogen (secondary N) is 1. The van der Waals surface area contributed by atoms with Gasteiger partial charge in [0.2, 0.25) is 0 Å². The quantitative estimate of drug-likeness (QED) is 0.230. The van der Waals surface area contributed by atoms with E-state index in [-0.39, 0.29) is 29.6 Å². The van der Waals surface area contributed by atoms with Crippen LogP contribution < -0.4 is 0 Å². The molecule has 1 fully saturated rings. The highest BCUT2D eigenvalue weighted by Crippen LogP contribution is 2.42. The molecule has 1 aliphatic heterocycles. The molecule has 228 valence electrons. The Morgan fingerprint density at radius 3 is 2.60 bits per heavy atom. The largest absolute Gasteiger partial charge is 0.394 e. The lowest BCUT2D eigenvalue weighted by Crippen LogP contribution is -2.55. The van der Waals surface area contributed by atoms with Gasteiger partial charge in [-0.15, -0.1) is 15.3 Å². The lowest BCUT2D eigenvalue weighted by molar-refractivity contribution is -0.196. The van der Waals surface area contributed by atoms with Gasteiger partial charge in [-0.05, 0) is 30.3 Å². The molecule has 4 aromatic rings. The minimum Gasteiger partial charge on any atom is -0.394 e. The molecule has 5 atom stereocenters. The summed E-state index contributed by atoms with van der Waals surface area (Å²) in [5.41, 5.74) is -0.833. The maximum atomic E-state index is 13.9. The molecule has 0 aliphatic carbocycles. The van der Waals surface area contributed by atoms with Crippen molar-refractivity contribution in [2.45, 2.75) is 41.3 Å². The summed E-state index contributed by atoms with van der Waals surface area (Å²) in [6.07, 6.45) is -2.39. The molecule has 5 unspecified atom stereocenters. The molecule has 0 saturated carbocycles. The second kappa shape index (κ2) is 12.9. The minimum absolute atomic E-state index is 0.0353. The number of tetrazole rings is 1. The molecule has 0 bridgehead atoms. The molecular formula is C25H24ClF3N8O5S. The van der Waals surface area contributed by atoms with Crippen LogP contribution in [0.1, 0.15) is 22.2 Å². The Hall–Kier alpha value is -3.61. The van der Waals surface area contributed by atoms with Gasteiger partial charge < -0.3 is 24.6 Å². The van der Waals surface area contributed by atoms with Gasteiger partial charge in [-0.25, -0.2) is 17.9 Å². The molecule has 1 amide bonds. The SMILES string of the molecule is CN(C)C(=O)c1ccc(Cl)cc1SC1OC(CO)C(O)C(n2cc(-c3cc(F)c(F)c(F)c3)nn2)C1OCc1nn[nH]n1. The van der Waals surface area contributed by atoms with Crippen LogP contribution in [-0.2, 0) is 16.1 Å². The van der Waals surface area contributed by atoms with Gasteiger partial charge in [-0.3, -0.25) is 4.79 Å². The van der Waals surface area contributed by atoms with Gasteiger partial charge in [0.05, 0.1) is 18.4 Å². The van der Waals surface area contributed by atoms with Crippen molar-refractivity contribution in [3.05, 3.63) is 70.4 Å². The fraction of sp³-hybridized carbons (Fsp3) is 0.360. The number of hydrogen-bond donors (Lipinski definition) is 3. The average molecular weight is 641 g/mol. The highest BCUT2D eigenvalue weighted by Gasteiger charge is 2.48. The Morgan fingerprint density at radius 1 is 1.21 bits per heavy atom. The highest BCUT2D eigenvalue weighted by atomic mass is 35.5. The maximum Gasteiger partial charge on any atom is 0.254 e. The molecule has 0 radical (unpaired) electrons. The molecule has 18 heteroatoms. The van der Waals surface area contributed by atoms with Crippen molar-refractivity contribution in [1.29, 1.82) is 0 Å². The molecule has 3 heterocycles. The second-order valence-electron chi connectivity index (χ2n) is 9.61. The monoisotopic (exact) mass is 640 g/mol. The summed E-state index contributed by atoms with van der Waals surface area (Å²) in [4.78, 5) is 14.8. The fourth-order valence-electron chi connectivity index (χ4n) is 4.44. The van der Waals surface area contributed by atoms with Crippen LogP contribution in [0.25, 0.3) is 11.3 Å². The van der Waals surface area contributed by atoms with E-state index in [4.69, 9.17) is 21.1 Å². The first-order valence-electron chi connectivity index (χ1n) is 12.6. The number of aliphatic hydroxyl groups excluding tert-OH is 2. The summed E-state index contributed by atoms with van der Waals surface area (Å²) in [5.74, 6) is -4.61. The van der Waals surface area contributed by atoms with Crippen molar-refractivity contribution in [1.82, 2.24) is 40.5 Å². The first-order valence-corrected chi connectivity index (χ1v) is 13.9. The van der Waals surface area contributed by atoms with Gasteiger partial charge in [-0.1, -0.05) is 33.8 Å². The van der Waals surface area contributed by atoms with E-state index in [0.29, 0.717) is 15.5 Å². The van der Waals surface area contributed by atoms with E-state index < -0.39 is 53.8 Å². The Labute approximate surface area is 250 Å². The van der Waals surface area contributed by atoms with E-state index in [1.807, 2.05) is 0 Å². The number of halogens is 4. The maximum absolute atomic E-state index is 13.9. The minimum atomic E-state index is -1.63. The molecule has 13 nitrogen and oxygen atoms in total. The zero-order valence-corrected chi connectivity index (χ0v) is 24.0. The van der Waals surface area contributed by atoms with Gasteiger partial charge in [0, 0.05) is 29.6 Å². The van der Waals surface area contributed by atoms with Crippen molar-refractivity contribution in [2.24, 2.45) is 0 Å². The number of benzene rings is 2. The third kappa shape index (κ3) is 6.51. The molecule has 43 heavy (non-hydrogen) atoms. The molecule has 3 N–H and O–H groups in total. The van der Waals surface area contributed by atoms with Crippen molar-refractivity contribution in [2.75, 3.05) is 20.7 Å². The van der Waals surface area contributed by atoms with Crippen LogP contribution in [0.3, 0.4) is 0 Å². The molecule has 0 spiro atoms. The van der Waals surface area contributed by atoms with Crippen LogP contribution in [-0.4, -0.2) is 101 Å². The molecular weight excluding hydrogens is 617 g/mol. The fourth-order valence-corrected chi connectivity index (χ4v) is 5.98. The first kappa shape index (κ1) is 30.8. The second-order valence-corrected chi connectivity index (χ2v) is 11.2. The summed E-state index contributed by atoms with van der Waals surface area (Å²) >= 11 is 7.32. The predicted octanol–water partition coefficient (Wildman–Crippen LogP) is 2.23. The zero-order chi connectivity index (χ0) is 30.8. The number of rotatable bonds is 9. The lowest BCUT2D eigenvalue weighted by Gasteiger charge is -2.43. The van der Waals surface area contributed by atoms with Crippen LogP contribution in [0, 0.1) is 17.5 Å². The van der Waals surface area contributed by atoms with E-state index in [2.05, 4.69) is 30.9 Å². The van der Waals surface area contributed by atoms with Crippen LogP contribution in [0.5, 0.6) is 0 Å². The van der Waals surface area contributed by atoms with Crippen LogP contribution in [0.15, 0.2) is 41.4 Å². The van der Waals surface area contributed by atoms with Crippen molar-refractivity contribution in [3.8, 4) is 11.3 Å². The smallest absolute Gasteiger partial charge is 0.254 e. The summed E-state index contributed by atoms with van der Waals surface area (Å²) < 4.78 is 54.8. The predicted molar refractivity (Wildman–Crippen MR) is 144 cm³/mol. The third-order valence-electron chi connectivity index (χ3n) is 6.54. The number of ether oxygens (including phenoxy) is 2. The molecule has 1 saturated heterocycles. The Morgan fingerprint density at radius 2 is 1.95 bits per heavy atom. The van der Waals surface area contributed by atoms with Crippen molar-refractivity contribution >= 4 is 29.3 Å². The van der Waals surface area contributed by atoms with Crippen molar-refractivity contribution in [3.63, 3.8) is 0 Å². The molecule has 5 rings (SSSR count). The van der Waals surface area contributed by atoms with E-state index in [9.17, 15) is 28.2 Å². The van der Waals surface area contributed by atoms with E-state index in [0.717, 1.165) is 23.9 Å². The number of nitrogens with zero attached hydrogens (tertiary/aromatic N) is 7. The third-order valence-corrected chi connectivity index (χ3v) is 7.98. The number of aromatic amines is 1. The Balaban J connectivity index is 1.55. The normalized spacial score (nSPS) is 22.1. The van der Waals surface area contributed by atoms with Gasteiger partial charge >= 0.3 is 0 Å². The highest BCUT2D eigenvalue weighted by molar-refractivity contribution is 8.00. The summed E-state index contributed by atoms with van der Waals surface area (Å²) in [6.45, 7) is -0.815. The van der Waals surface area contributed by atoms with Gasteiger partial charge in [-0.2, -0.15) is 5.21 Å². The number of carbonyl (C=O) groups is 1. The Kier molecular flexibility index (Phi) is 9.28. The molecule has 2 aromatic carbocycles. The van der Waals surface area contributed by atoms with Crippen molar-refractivity contribution < 1.29 is 37.7 Å². The van der Waals surface area contributed by atoms with Gasteiger partial charge in [0.25, 0.3) is 5.91 Å². The van der Waals surface area contributed by atoms with E-state index >= 15 is 0 Å². The van der Waals surface area contributed by atoms with Gasteiger partial charge in [0.15, 0.2) is 23.3 Å². The molecule has 1 aliphatic rings. The number of aliphatic hydroxyl groups is 2. The number of carbonyl (C=O) groups excluding carboxylic acids is 1. The first-order chi connectivity index (χ1) is 20.6. The number of amides is 1. The summed E-state index contributed by atoms with van der Waals surface area (Å²) in [6, 6.07) is 5.10. The van der Waals surface area contributed by atoms with Gasteiger partial charge in [0.1, 0.15) is 42.1 Å². The Bertz CT molecular complexity index is 1570. The van der Waals surface area contributed by atoms with Crippen LogP contribution in [0.4, 0.5) is 13.2 Å². The number of hydrogen-bond acceptors (Lipinski definition) is 11. The number of H-pyrrole nitrogens is 1. The molecule has 2 aromatic heterocycles. The average Bonchev–Trinajstić information content (AvgIpc) is 3.68. The summed E-state index contributed by atoms with van der Waals surface area (Å²) in [7, 11) is 3.18. The lowest BCUT2D eigenvalue weighted by atomic mass is 9.97. The van der Waals surface area contributed by atoms with Crippen LogP contribution in [0.2, 0.25) is 5.02 Å². The number of aromatic nitrogens is 7. The van der Waals surface area contributed by atoms with E-state index in [1.165, 1.54) is 15.8 Å². The summed E-state index contributed by atoms with van der Waals surface area (Å²) in [5, 5.41) is 43.3. The standard InChI is InChI=1S/C25H24ClF3N8O5S/c1-36(2)24(40)13-4-3-12(26)7-18(13)43-25-23(41-10-19-31-33-34-32-19)21(22(39)17(9-38)42-25)37-8-16(30-35-37)11-5-14(27)20(29)15(28)6-11/h3-8,17,21-23,25,38-39H,9-10H2,1-2H3,(H,31,32,33,34). The zero-order valence-electron chi connectivity index (χ0n) is 22.4. The number of thioether (sulfide) groups is 1.